The quantitative estimate of drug-likeness (QED) is 0.470. The Morgan fingerprint density at radius 2 is 1.18 bits per heavy atom. The summed E-state index contributed by atoms with van der Waals surface area (Å²) < 4.78 is 25.4. The lowest BCUT2D eigenvalue weighted by molar-refractivity contribution is -0.161. The molecule has 0 amide bonds. The van der Waals surface area contributed by atoms with E-state index in [1.807, 2.05) is 0 Å². The van der Waals surface area contributed by atoms with Crippen molar-refractivity contribution in [2.45, 2.75) is 36.6 Å². The molecule has 0 spiro atoms. The van der Waals surface area contributed by atoms with Crippen molar-refractivity contribution in [3.63, 3.8) is 0 Å². The summed E-state index contributed by atoms with van der Waals surface area (Å²) in [6.07, 6.45) is 0. The molecule has 7 heteroatoms. The lowest BCUT2D eigenvalue weighted by atomic mass is 9.86. The molecule has 0 saturated carbocycles. The number of rotatable bonds is 2. The fourth-order valence-corrected chi connectivity index (χ4v) is 2.90. The van der Waals surface area contributed by atoms with Crippen molar-refractivity contribution in [2.75, 3.05) is 14.2 Å². The SMILES string of the molecule is COC(=O)C12OC1(C)OC1(C)OC12C(=O)OC. The third-order valence-corrected chi connectivity index (χ3v) is 3.72. The normalized spacial score (nSPS) is 53.4. The third-order valence-electron chi connectivity index (χ3n) is 3.72. The first kappa shape index (κ1) is 10.9. The summed E-state index contributed by atoms with van der Waals surface area (Å²) in [6, 6.07) is 0. The Bertz CT molecular complexity index is 408. The number of carbonyl (C=O) groups is 2. The molecule has 3 heterocycles. The van der Waals surface area contributed by atoms with Gasteiger partial charge in [-0.05, 0) is 13.8 Å². The highest BCUT2D eigenvalue weighted by atomic mass is 17.0. The topological polar surface area (TPSA) is 86.9 Å². The highest BCUT2D eigenvalue weighted by Gasteiger charge is 3.06. The van der Waals surface area contributed by atoms with Crippen LogP contribution in [-0.2, 0) is 33.3 Å². The van der Waals surface area contributed by atoms with Crippen LogP contribution in [-0.4, -0.2) is 48.9 Å². The van der Waals surface area contributed by atoms with Gasteiger partial charge in [0.2, 0.25) is 11.6 Å². The maximum absolute atomic E-state index is 11.9. The predicted octanol–water partition coefficient (Wildman–Crippen LogP) is -0.667. The Kier molecular flexibility index (Phi) is 1.59. The number of epoxide rings is 2. The second kappa shape index (κ2) is 2.47. The van der Waals surface area contributed by atoms with E-state index in [9.17, 15) is 9.59 Å². The lowest BCUT2D eigenvalue weighted by Gasteiger charge is -2.14. The summed E-state index contributed by atoms with van der Waals surface area (Å²) in [5.41, 5.74) is -3.12. The molecule has 3 fully saturated rings. The van der Waals surface area contributed by atoms with Crippen molar-refractivity contribution < 1.29 is 33.3 Å². The zero-order valence-corrected chi connectivity index (χ0v) is 9.86. The van der Waals surface area contributed by atoms with Crippen LogP contribution in [0.2, 0.25) is 0 Å². The molecule has 4 unspecified atom stereocenters. The van der Waals surface area contributed by atoms with Gasteiger partial charge in [-0.1, -0.05) is 0 Å². The monoisotopic (exact) mass is 244 g/mol. The van der Waals surface area contributed by atoms with Crippen LogP contribution in [0.5, 0.6) is 0 Å². The molecule has 0 aromatic rings. The summed E-state index contributed by atoms with van der Waals surface area (Å²) in [5.74, 6) is -3.79. The number of fused-ring (bicyclic) bond motifs is 3. The van der Waals surface area contributed by atoms with Gasteiger partial charge in [0.25, 0.3) is 11.2 Å². The molecule has 0 aromatic carbocycles. The summed E-state index contributed by atoms with van der Waals surface area (Å²) in [7, 11) is 2.42. The Labute approximate surface area is 96.9 Å². The fourth-order valence-electron chi connectivity index (χ4n) is 2.90. The van der Waals surface area contributed by atoms with Gasteiger partial charge < -0.3 is 23.7 Å². The molecule has 0 aliphatic carbocycles. The molecular weight excluding hydrogens is 232 g/mol. The van der Waals surface area contributed by atoms with Crippen molar-refractivity contribution >= 4 is 11.9 Å². The maximum Gasteiger partial charge on any atom is 0.348 e. The van der Waals surface area contributed by atoms with Crippen molar-refractivity contribution in [1.29, 1.82) is 0 Å². The van der Waals surface area contributed by atoms with Crippen molar-refractivity contribution in [3.05, 3.63) is 0 Å². The van der Waals surface area contributed by atoms with E-state index >= 15 is 0 Å². The molecule has 0 aromatic heterocycles. The summed E-state index contributed by atoms with van der Waals surface area (Å²) >= 11 is 0. The minimum absolute atomic E-state index is 0.702. The number of methoxy groups -OCH3 is 2. The molecular formula is C10H12O7. The number of hydrogen-bond donors (Lipinski definition) is 0. The molecule has 0 N–H and O–H groups in total. The molecule has 3 rings (SSSR count). The van der Waals surface area contributed by atoms with Crippen molar-refractivity contribution in [3.8, 4) is 0 Å². The maximum atomic E-state index is 11.9. The van der Waals surface area contributed by atoms with Gasteiger partial charge in [0.05, 0.1) is 14.2 Å². The van der Waals surface area contributed by atoms with Crippen molar-refractivity contribution in [2.24, 2.45) is 0 Å². The van der Waals surface area contributed by atoms with E-state index in [0.717, 1.165) is 0 Å². The van der Waals surface area contributed by atoms with Gasteiger partial charge in [-0.3, -0.25) is 0 Å². The molecule has 0 bridgehead atoms. The first-order chi connectivity index (χ1) is 7.83. The average Bonchev–Trinajstić information content (AvgIpc) is 3.09. The zero-order chi connectivity index (χ0) is 12.7. The fraction of sp³-hybridized carbons (Fsp3) is 0.800. The largest absolute Gasteiger partial charge is 0.467 e. The van der Waals surface area contributed by atoms with E-state index in [-0.39, 0.29) is 0 Å². The average molecular weight is 244 g/mol. The summed E-state index contributed by atoms with van der Waals surface area (Å²) in [4.78, 5) is 23.7. The molecule has 17 heavy (non-hydrogen) atoms. The number of carbonyl (C=O) groups excluding carboxylic acids is 2. The van der Waals surface area contributed by atoms with Gasteiger partial charge in [-0.15, -0.1) is 0 Å². The van der Waals surface area contributed by atoms with Gasteiger partial charge in [-0.2, -0.15) is 0 Å². The van der Waals surface area contributed by atoms with Gasteiger partial charge >= 0.3 is 11.9 Å². The van der Waals surface area contributed by atoms with E-state index in [2.05, 4.69) is 9.47 Å². The molecule has 0 radical (unpaired) electrons. The zero-order valence-electron chi connectivity index (χ0n) is 9.86. The predicted molar refractivity (Wildman–Crippen MR) is 49.6 cm³/mol. The highest BCUT2D eigenvalue weighted by Crippen LogP contribution is 2.77. The van der Waals surface area contributed by atoms with Gasteiger partial charge in [0.1, 0.15) is 0 Å². The van der Waals surface area contributed by atoms with E-state index in [0.29, 0.717) is 0 Å². The first-order valence-corrected chi connectivity index (χ1v) is 5.11. The second-order valence-electron chi connectivity index (χ2n) is 4.54. The van der Waals surface area contributed by atoms with Crippen LogP contribution < -0.4 is 0 Å². The first-order valence-electron chi connectivity index (χ1n) is 5.11. The van der Waals surface area contributed by atoms with Crippen LogP contribution in [0.1, 0.15) is 13.8 Å². The van der Waals surface area contributed by atoms with Crippen LogP contribution in [0, 0.1) is 0 Å². The van der Waals surface area contributed by atoms with Gasteiger partial charge in [0, 0.05) is 0 Å². The molecule has 3 aliphatic rings. The van der Waals surface area contributed by atoms with Crippen LogP contribution in [0.15, 0.2) is 0 Å². The molecule has 4 atom stereocenters. The Morgan fingerprint density at radius 1 is 0.824 bits per heavy atom. The van der Waals surface area contributed by atoms with Gasteiger partial charge in [-0.25, -0.2) is 9.59 Å². The van der Waals surface area contributed by atoms with Crippen LogP contribution in [0.4, 0.5) is 0 Å². The van der Waals surface area contributed by atoms with E-state index in [4.69, 9.17) is 14.2 Å². The molecule has 94 valence electrons. The molecule has 7 nitrogen and oxygen atoms in total. The Balaban J connectivity index is 2.10. The summed E-state index contributed by atoms with van der Waals surface area (Å²) in [6.45, 7) is 3.13. The van der Waals surface area contributed by atoms with Crippen LogP contribution in [0.25, 0.3) is 0 Å². The van der Waals surface area contributed by atoms with E-state index in [1.54, 1.807) is 13.8 Å². The summed E-state index contributed by atoms with van der Waals surface area (Å²) in [5, 5.41) is 0. The lowest BCUT2D eigenvalue weighted by Crippen LogP contribution is -2.50. The van der Waals surface area contributed by atoms with E-state index < -0.39 is 34.7 Å². The number of ether oxygens (including phenoxy) is 5. The third kappa shape index (κ3) is 0.782. The van der Waals surface area contributed by atoms with Crippen molar-refractivity contribution in [1.82, 2.24) is 0 Å². The second-order valence-corrected chi connectivity index (χ2v) is 4.54. The minimum Gasteiger partial charge on any atom is -0.467 e. The Morgan fingerprint density at radius 3 is 1.47 bits per heavy atom. The molecule has 3 aliphatic heterocycles. The molecule has 3 saturated heterocycles. The Hall–Kier alpha value is -1.18. The number of hydrogen-bond acceptors (Lipinski definition) is 7. The van der Waals surface area contributed by atoms with E-state index in [1.165, 1.54) is 14.2 Å². The minimum atomic E-state index is -1.56. The standard InChI is InChI=1S/C10H12O7/c1-7-9(16-7,5(11)13-3)10(6(12)14-4)8(2,15-7)17-10/h1-4H3. The van der Waals surface area contributed by atoms with Gasteiger partial charge in [0.15, 0.2) is 0 Å². The van der Waals surface area contributed by atoms with Crippen LogP contribution >= 0.6 is 0 Å². The smallest absolute Gasteiger partial charge is 0.348 e. The number of esters is 2. The van der Waals surface area contributed by atoms with Crippen LogP contribution in [0.3, 0.4) is 0 Å². The highest BCUT2D eigenvalue weighted by molar-refractivity contribution is 6.00.